The Kier molecular flexibility index (Phi) is 4.44. The number of nitrogen functional groups attached to an aromatic ring is 1. The number of benzene rings is 1. The van der Waals surface area contributed by atoms with Crippen molar-refractivity contribution in [1.29, 1.82) is 0 Å². The molecule has 0 unspecified atom stereocenters. The van der Waals surface area contributed by atoms with Crippen LogP contribution in [0.25, 0.3) is 0 Å². The maximum Gasteiger partial charge on any atom is 0.332 e. The van der Waals surface area contributed by atoms with Gasteiger partial charge in [0, 0.05) is 20.6 Å². The number of anilines is 1. The van der Waals surface area contributed by atoms with Crippen molar-refractivity contribution in [3.8, 4) is 0 Å². The molecule has 0 saturated heterocycles. The van der Waals surface area contributed by atoms with Crippen molar-refractivity contribution >= 4 is 17.5 Å². The molecule has 0 fully saturated rings. The highest BCUT2D eigenvalue weighted by Crippen LogP contribution is 2.04. The number of aromatic nitrogens is 2. The molecule has 1 aromatic heterocycles. The fraction of sp³-hybridized carbons (Fsp3) is 0.200. The Morgan fingerprint density at radius 3 is 2.30 bits per heavy atom. The predicted molar refractivity (Wildman–Crippen MR) is 84.0 cm³/mol. The predicted octanol–water partition coefficient (Wildman–Crippen LogP) is -0.835. The van der Waals surface area contributed by atoms with E-state index in [4.69, 9.17) is 5.73 Å². The minimum Gasteiger partial charge on any atom is -0.384 e. The van der Waals surface area contributed by atoms with E-state index in [-0.39, 0.29) is 12.4 Å². The highest BCUT2D eigenvalue weighted by atomic mass is 16.2. The number of nitrogens with one attached hydrogen (secondary N) is 1. The van der Waals surface area contributed by atoms with Gasteiger partial charge in [-0.2, -0.15) is 0 Å². The summed E-state index contributed by atoms with van der Waals surface area (Å²) in [5, 5.41) is 2.43. The van der Waals surface area contributed by atoms with Gasteiger partial charge in [0.15, 0.2) is 0 Å². The van der Waals surface area contributed by atoms with Gasteiger partial charge >= 0.3 is 5.69 Å². The number of hydrogen-bond acceptors (Lipinski definition) is 5. The molecule has 0 radical (unpaired) electrons. The van der Waals surface area contributed by atoms with E-state index in [1.807, 2.05) is 6.07 Å². The van der Waals surface area contributed by atoms with Gasteiger partial charge in [0.2, 0.25) is 0 Å². The van der Waals surface area contributed by atoms with Gasteiger partial charge in [-0.15, -0.1) is 0 Å². The van der Waals surface area contributed by atoms with Crippen LogP contribution in [-0.4, -0.2) is 20.8 Å². The van der Waals surface area contributed by atoms with Crippen LogP contribution in [0, 0.1) is 0 Å². The summed E-state index contributed by atoms with van der Waals surface area (Å²) in [6.07, 6.45) is 0. The normalized spacial score (nSPS) is 10.3. The summed E-state index contributed by atoms with van der Waals surface area (Å²) in [5.74, 6) is -2.37. The number of carbonyl (C=O) groups excluding carboxylic acids is 2. The molecule has 0 aliphatic carbocycles. The maximum absolute atomic E-state index is 12.2. The average Bonchev–Trinajstić information content (AvgIpc) is 2.57. The van der Waals surface area contributed by atoms with Gasteiger partial charge in [-0.3, -0.25) is 23.5 Å². The Hall–Kier alpha value is -3.16. The Morgan fingerprint density at radius 2 is 1.70 bits per heavy atom. The van der Waals surface area contributed by atoms with Gasteiger partial charge in [-0.05, 0) is 5.56 Å². The third kappa shape index (κ3) is 3.05. The van der Waals surface area contributed by atoms with E-state index in [2.05, 4.69) is 5.32 Å². The number of rotatable bonds is 4. The van der Waals surface area contributed by atoms with Crippen molar-refractivity contribution in [2.45, 2.75) is 6.54 Å². The number of Topliss-reactive ketones (excluding diaryl/α,β-unsaturated/α-hetero) is 1. The van der Waals surface area contributed by atoms with Crippen LogP contribution in [0.5, 0.6) is 0 Å². The van der Waals surface area contributed by atoms with Crippen molar-refractivity contribution in [2.75, 3.05) is 5.73 Å². The molecule has 2 aromatic rings. The van der Waals surface area contributed by atoms with Crippen LogP contribution < -0.4 is 22.3 Å². The van der Waals surface area contributed by atoms with Crippen LogP contribution in [0.3, 0.4) is 0 Å². The number of hydrogen-bond donors (Lipinski definition) is 2. The van der Waals surface area contributed by atoms with Crippen LogP contribution in [0.2, 0.25) is 0 Å². The fourth-order valence-corrected chi connectivity index (χ4v) is 2.05. The van der Waals surface area contributed by atoms with E-state index >= 15 is 0 Å². The van der Waals surface area contributed by atoms with Crippen molar-refractivity contribution in [1.82, 2.24) is 14.5 Å². The summed E-state index contributed by atoms with van der Waals surface area (Å²) < 4.78 is 1.67. The van der Waals surface area contributed by atoms with Gasteiger partial charge < -0.3 is 11.1 Å². The van der Waals surface area contributed by atoms with Crippen LogP contribution in [-0.2, 0) is 25.4 Å². The molecule has 120 valence electrons. The Labute approximate surface area is 131 Å². The van der Waals surface area contributed by atoms with E-state index in [0.29, 0.717) is 0 Å². The minimum absolute atomic E-state index is 0.136. The van der Waals surface area contributed by atoms with Gasteiger partial charge in [-0.25, -0.2) is 4.79 Å². The first-order valence-corrected chi connectivity index (χ1v) is 6.76. The Balaban J connectivity index is 2.29. The van der Waals surface area contributed by atoms with Crippen LogP contribution in [0.15, 0.2) is 39.9 Å². The summed E-state index contributed by atoms with van der Waals surface area (Å²) in [6, 6.07) is 8.98. The van der Waals surface area contributed by atoms with Gasteiger partial charge in [0.05, 0.1) is 0 Å². The number of ketones is 1. The van der Waals surface area contributed by atoms with Gasteiger partial charge in [0.25, 0.3) is 17.2 Å². The molecule has 0 saturated carbocycles. The van der Waals surface area contributed by atoms with E-state index < -0.39 is 28.5 Å². The molecule has 8 nitrogen and oxygen atoms in total. The lowest BCUT2D eigenvalue weighted by Gasteiger charge is -2.10. The maximum atomic E-state index is 12.2. The largest absolute Gasteiger partial charge is 0.384 e. The molecule has 0 aliphatic heterocycles. The van der Waals surface area contributed by atoms with E-state index in [1.165, 1.54) is 14.1 Å². The third-order valence-electron chi connectivity index (χ3n) is 3.44. The molecular weight excluding hydrogens is 300 g/mol. The zero-order chi connectivity index (χ0) is 17.1. The topological polar surface area (TPSA) is 116 Å². The molecule has 1 aromatic carbocycles. The SMILES string of the molecule is Cn1c(N)c(C(=O)C(=O)NCc2ccccc2)c(=O)n(C)c1=O. The van der Waals surface area contributed by atoms with Crippen molar-refractivity contribution in [3.63, 3.8) is 0 Å². The highest BCUT2D eigenvalue weighted by molar-refractivity contribution is 6.43. The lowest BCUT2D eigenvalue weighted by molar-refractivity contribution is -0.117. The molecule has 0 atom stereocenters. The number of nitrogens with zero attached hydrogens (tertiary/aromatic N) is 2. The summed E-state index contributed by atoms with van der Waals surface area (Å²) in [7, 11) is 2.53. The van der Waals surface area contributed by atoms with E-state index in [9.17, 15) is 19.2 Å². The molecular formula is C15H16N4O4. The molecule has 0 spiro atoms. The Morgan fingerprint density at radius 1 is 1.09 bits per heavy atom. The first kappa shape index (κ1) is 16.2. The standard InChI is InChI=1S/C15H16N4O4/c1-18-12(16)10(14(22)19(2)15(18)23)11(20)13(21)17-8-9-6-4-3-5-7-9/h3-7H,8,16H2,1-2H3,(H,17,21). The number of amides is 1. The monoisotopic (exact) mass is 316 g/mol. The van der Waals surface area contributed by atoms with Crippen molar-refractivity contribution in [2.24, 2.45) is 14.1 Å². The second-order valence-electron chi connectivity index (χ2n) is 4.96. The van der Waals surface area contributed by atoms with Crippen LogP contribution in [0.4, 0.5) is 5.82 Å². The van der Waals surface area contributed by atoms with Crippen molar-refractivity contribution < 1.29 is 9.59 Å². The first-order valence-electron chi connectivity index (χ1n) is 6.76. The van der Waals surface area contributed by atoms with Gasteiger partial charge in [-0.1, -0.05) is 30.3 Å². The molecule has 23 heavy (non-hydrogen) atoms. The lowest BCUT2D eigenvalue weighted by Crippen LogP contribution is -2.44. The van der Waals surface area contributed by atoms with E-state index in [0.717, 1.165) is 14.7 Å². The molecule has 3 N–H and O–H groups in total. The fourth-order valence-electron chi connectivity index (χ4n) is 2.05. The van der Waals surface area contributed by atoms with Crippen molar-refractivity contribution in [3.05, 3.63) is 62.3 Å². The van der Waals surface area contributed by atoms with Crippen LogP contribution in [0.1, 0.15) is 15.9 Å². The quantitative estimate of drug-likeness (QED) is 0.564. The average molecular weight is 316 g/mol. The molecule has 1 heterocycles. The summed E-state index contributed by atoms with van der Waals surface area (Å²) in [4.78, 5) is 47.9. The molecule has 0 bridgehead atoms. The molecule has 8 heteroatoms. The molecule has 2 rings (SSSR count). The van der Waals surface area contributed by atoms with E-state index in [1.54, 1.807) is 24.3 Å². The number of nitrogens with two attached hydrogens (primary N) is 1. The smallest absolute Gasteiger partial charge is 0.332 e. The zero-order valence-electron chi connectivity index (χ0n) is 12.7. The minimum atomic E-state index is -1.07. The summed E-state index contributed by atoms with van der Waals surface area (Å²) in [5.41, 5.74) is 4.36. The second-order valence-corrected chi connectivity index (χ2v) is 4.96. The summed E-state index contributed by atoms with van der Waals surface area (Å²) in [6.45, 7) is 0.136. The summed E-state index contributed by atoms with van der Waals surface area (Å²) >= 11 is 0. The number of carbonyl (C=O) groups is 2. The van der Waals surface area contributed by atoms with Gasteiger partial charge in [0.1, 0.15) is 11.4 Å². The zero-order valence-corrected chi connectivity index (χ0v) is 12.7. The molecule has 0 aliphatic rings. The second kappa shape index (κ2) is 6.30. The Bertz CT molecular complexity index is 881. The lowest BCUT2D eigenvalue weighted by atomic mass is 10.1. The third-order valence-corrected chi connectivity index (χ3v) is 3.44. The first-order chi connectivity index (χ1) is 10.8. The van der Waals surface area contributed by atoms with Crippen LogP contribution >= 0.6 is 0 Å². The highest BCUT2D eigenvalue weighted by Gasteiger charge is 2.25. The molecule has 1 amide bonds.